The lowest BCUT2D eigenvalue weighted by atomic mass is 9.85. The number of aliphatic hydroxyl groups is 1. The van der Waals surface area contributed by atoms with Crippen LogP contribution in [0, 0.1) is 12.3 Å². The number of para-hydroxylation sites is 1. The van der Waals surface area contributed by atoms with Crippen molar-refractivity contribution in [1.29, 1.82) is 0 Å². The first kappa shape index (κ1) is 55.0. The molecular formula is C55H71N9O9S. The van der Waals surface area contributed by atoms with E-state index < -0.39 is 77.1 Å². The zero-order valence-electron chi connectivity index (χ0n) is 43.5. The average molecular weight is 1030 g/mol. The quantitative estimate of drug-likeness (QED) is 0.0626. The van der Waals surface area contributed by atoms with Gasteiger partial charge < -0.3 is 41.7 Å². The van der Waals surface area contributed by atoms with E-state index in [1.54, 1.807) is 44.4 Å². The van der Waals surface area contributed by atoms with Gasteiger partial charge in [0.2, 0.25) is 35.4 Å². The van der Waals surface area contributed by atoms with Crippen LogP contribution in [0.2, 0.25) is 0 Å². The Kier molecular flexibility index (Phi) is 17.6. The van der Waals surface area contributed by atoms with E-state index in [2.05, 4.69) is 31.2 Å². The largest absolute Gasteiger partial charge is 0.444 e. The number of β-amino-alcohol motifs (C(OH)–C–C–N with tert-alkyl or cyclic N) is 1. The molecule has 2 aromatic carbocycles. The molecule has 6 atom stereocenters. The number of hydrogen-bond acceptors (Lipinski definition) is 12. The number of nitrogens with one attached hydrogen (secondary N) is 4. The second kappa shape index (κ2) is 23.6. The SMILES string of the molecule is Cc1ncsc1-c1ccc(CNC(=O)[C@@H]2C[C@@H](O)CN2C(=O)[C@@H](NC(=O)CCCCCc2ccc([C@H](CCC(N)=O)NC(=O)[C@@H]3Cc4cccc5c4N3C(=O)[C@@H](NC(=O)OC(C)(C)C)CC5)nc2)C(C)(C)C)cc1. The molecule has 7 N–H and O–H groups in total. The topological polar surface area (TPSA) is 255 Å². The zero-order chi connectivity index (χ0) is 53.5. The first-order valence-corrected chi connectivity index (χ1v) is 26.5. The van der Waals surface area contributed by atoms with E-state index in [1.807, 2.05) is 81.7 Å². The van der Waals surface area contributed by atoms with Gasteiger partial charge in [-0.15, -0.1) is 11.3 Å². The van der Waals surface area contributed by atoms with Crippen molar-refractivity contribution < 1.29 is 43.4 Å². The number of likely N-dealkylation sites (tertiary alicyclic amines) is 1. The number of rotatable bonds is 19. The lowest BCUT2D eigenvalue weighted by Crippen LogP contribution is -2.57. The van der Waals surface area contributed by atoms with E-state index >= 15 is 0 Å². The Morgan fingerprint density at radius 3 is 2.27 bits per heavy atom. The predicted molar refractivity (Wildman–Crippen MR) is 280 cm³/mol. The number of nitrogens with two attached hydrogens (primary N) is 1. The molecule has 18 nitrogen and oxygen atoms in total. The number of amides is 7. The molecule has 0 unspecified atom stereocenters. The lowest BCUT2D eigenvalue weighted by molar-refractivity contribution is -0.144. The van der Waals surface area contributed by atoms with Crippen LogP contribution in [0.1, 0.15) is 133 Å². The summed E-state index contributed by atoms with van der Waals surface area (Å²) < 4.78 is 5.45. The number of carbonyl (C=O) groups excluding carboxylic acids is 7. The monoisotopic (exact) mass is 1030 g/mol. The third-order valence-corrected chi connectivity index (χ3v) is 14.7. The second-order valence-electron chi connectivity index (χ2n) is 21.8. The van der Waals surface area contributed by atoms with Crippen LogP contribution in [0.15, 0.2) is 66.3 Å². The van der Waals surface area contributed by atoms with Crippen molar-refractivity contribution in [3.8, 4) is 10.4 Å². The first-order valence-electron chi connectivity index (χ1n) is 25.6. The van der Waals surface area contributed by atoms with Gasteiger partial charge in [0, 0.05) is 45.0 Å². The third-order valence-electron chi connectivity index (χ3n) is 13.7. The van der Waals surface area contributed by atoms with Gasteiger partial charge in [-0.05, 0) is 106 Å². The number of aromatic nitrogens is 2. The number of alkyl carbamates (subject to hydrolysis) is 1. The van der Waals surface area contributed by atoms with E-state index in [0.717, 1.165) is 44.8 Å². The molecule has 1 fully saturated rings. The fourth-order valence-corrected chi connectivity index (χ4v) is 10.7. The van der Waals surface area contributed by atoms with Crippen LogP contribution >= 0.6 is 11.3 Å². The van der Waals surface area contributed by atoms with Gasteiger partial charge in [0.05, 0.1) is 39.6 Å². The van der Waals surface area contributed by atoms with Crippen molar-refractivity contribution in [2.45, 2.75) is 168 Å². The standard InChI is InChI=1S/C55H71N9O9S/c1-32-47(74-31-59-32)36-19-16-34(17-20-36)29-58-49(68)42-27-38(65)30-63(42)52(71)48(54(2,3)4)62-45(67)15-10-8-9-12-33-18-22-39(57-28-33)40(24-25-44(56)66)60-50(69)43-26-37-14-11-13-35-21-23-41(51(70)64(43)46(35)37)61-53(72)73-55(5,6)7/h11,13-14,16-20,22,28,31,38,40-43,48,65H,8-10,12,15,21,23-27,29-30H2,1-7H3,(H2,56,66)(H,58,68)(H,60,69)(H,61,72)(H,62,67)/t38-,40+,41+,42+,43+,48-/m1/s1. The summed E-state index contributed by atoms with van der Waals surface area (Å²) in [5.74, 6) is -2.46. The summed E-state index contributed by atoms with van der Waals surface area (Å²) in [6.45, 7) is 13.0. The van der Waals surface area contributed by atoms with E-state index in [1.165, 1.54) is 9.80 Å². The lowest BCUT2D eigenvalue weighted by Gasteiger charge is -2.35. The summed E-state index contributed by atoms with van der Waals surface area (Å²) >= 11 is 1.57. The molecule has 2 aromatic heterocycles. The minimum absolute atomic E-state index is 0.0171. The van der Waals surface area contributed by atoms with Gasteiger partial charge in [-0.3, -0.25) is 38.7 Å². The Balaban J connectivity index is 0.898. The predicted octanol–water partition coefficient (Wildman–Crippen LogP) is 5.65. The van der Waals surface area contributed by atoms with Crippen LogP contribution in [0.4, 0.5) is 10.5 Å². The molecule has 396 valence electrons. The Hall–Kier alpha value is -6.73. The Bertz CT molecular complexity index is 2700. The van der Waals surface area contributed by atoms with E-state index in [0.29, 0.717) is 43.5 Å². The minimum Gasteiger partial charge on any atom is -0.444 e. The molecule has 5 heterocycles. The molecule has 19 heteroatoms. The Morgan fingerprint density at radius 2 is 1.61 bits per heavy atom. The molecule has 0 bridgehead atoms. The molecule has 3 aliphatic rings. The van der Waals surface area contributed by atoms with Crippen LogP contribution in [-0.4, -0.2) is 104 Å². The molecule has 7 rings (SSSR count). The van der Waals surface area contributed by atoms with Crippen molar-refractivity contribution in [2.75, 3.05) is 11.4 Å². The van der Waals surface area contributed by atoms with Gasteiger partial charge in [-0.1, -0.05) is 75.7 Å². The van der Waals surface area contributed by atoms with Gasteiger partial charge in [-0.25, -0.2) is 9.78 Å². The second-order valence-corrected chi connectivity index (χ2v) is 22.6. The van der Waals surface area contributed by atoms with Gasteiger partial charge in [0.25, 0.3) is 0 Å². The summed E-state index contributed by atoms with van der Waals surface area (Å²) in [5.41, 5.74) is 12.7. The van der Waals surface area contributed by atoms with Crippen molar-refractivity contribution in [2.24, 2.45) is 11.1 Å². The molecule has 0 saturated carbocycles. The Morgan fingerprint density at radius 1 is 0.878 bits per heavy atom. The normalized spacial score (nSPS) is 19.2. The van der Waals surface area contributed by atoms with Gasteiger partial charge >= 0.3 is 6.09 Å². The Labute approximate surface area is 437 Å². The molecular weight excluding hydrogens is 963 g/mol. The fourth-order valence-electron chi connectivity index (χ4n) is 9.87. The van der Waals surface area contributed by atoms with Crippen molar-refractivity contribution in [1.82, 2.24) is 36.1 Å². The van der Waals surface area contributed by atoms with E-state index in [-0.39, 0.29) is 57.0 Å². The van der Waals surface area contributed by atoms with Crippen molar-refractivity contribution >= 4 is 58.6 Å². The number of nitrogens with zero attached hydrogens (tertiary/aromatic N) is 4. The molecule has 0 radical (unpaired) electrons. The van der Waals surface area contributed by atoms with E-state index in [4.69, 9.17) is 10.5 Å². The highest BCUT2D eigenvalue weighted by molar-refractivity contribution is 7.13. The average Bonchev–Trinajstić information content (AvgIpc) is 4.05. The molecule has 7 amide bonds. The molecule has 3 aliphatic heterocycles. The summed E-state index contributed by atoms with van der Waals surface area (Å²) in [7, 11) is 0. The van der Waals surface area contributed by atoms with Crippen LogP contribution in [0.25, 0.3) is 10.4 Å². The highest BCUT2D eigenvalue weighted by atomic mass is 32.1. The van der Waals surface area contributed by atoms with Crippen molar-refractivity contribution in [3.63, 3.8) is 0 Å². The first-order chi connectivity index (χ1) is 35.1. The number of thiazole rings is 1. The van der Waals surface area contributed by atoms with Crippen LogP contribution < -0.4 is 31.9 Å². The molecule has 1 saturated heterocycles. The van der Waals surface area contributed by atoms with Crippen LogP contribution in [-0.2, 0) is 59.3 Å². The number of benzene rings is 2. The smallest absolute Gasteiger partial charge is 0.408 e. The number of unbranched alkanes of at least 4 members (excludes halogenated alkanes) is 2. The highest BCUT2D eigenvalue weighted by Crippen LogP contribution is 2.40. The molecule has 0 aliphatic carbocycles. The van der Waals surface area contributed by atoms with Crippen LogP contribution in [0.5, 0.6) is 0 Å². The number of primary amides is 1. The highest BCUT2D eigenvalue weighted by Gasteiger charge is 2.46. The minimum atomic E-state index is -0.931. The fraction of sp³-hybridized carbons (Fsp3) is 0.509. The van der Waals surface area contributed by atoms with Crippen LogP contribution in [0.3, 0.4) is 0 Å². The zero-order valence-corrected chi connectivity index (χ0v) is 44.3. The number of hydrogen-bond donors (Lipinski definition) is 6. The number of aliphatic hydroxyl groups excluding tert-OH is 1. The molecule has 4 aromatic rings. The number of carbonyl (C=O) groups is 7. The number of aryl methyl sites for hydroxylation is 3. The summed E-state index contributed by atoms with van der Waals surface area (Å²) in [6, 6.07) is 12.9. The number of anilines is 1. The number of pyridine rings is 1. The molecule has 0 spiro atoms. The maximum Gasteiger partial charge on any atom is 0.408 e. The molecule has 74 heavy (non-hydrogen) atoms. The van der Waals surface area contributed by atoms with Gasteiger partial charge in [-0.2, -0.15) is 0 Å². The third kappa shape index (κ3) is 13.9. The van der Waals surface area contributed by atoms with E-state index in [9.17, 15) is 38.7 Å². The summed E-state index contributed by atoms with van der Waals surface area (Å²) in [4.78, 5) is 107. The maximum absolute atomic E-state index is 14.3. The number of ether oxygens (including phenoxy) is 1. The maximum atomic E-state index is 14.3. The summed E-state index contributed by atoms with van der Waals surface area (Å²) in [5, 5.41) is 22.3. The van der Waals surface area contributed by atoms with Gasteiger partial charge in [0.15, 0.2) is 0 Å². The summed E-state index contributed by atoms with van der Waals surface area (Å²) in [6.07, 6.45) is 4.34. The van der Waals surface area contributed by atoms with Crippen molar-refractivity contribution in [3.05, 3.63) is 99.9 Å². The van der Waals surface area contributed by atoms with Gasteiger partial charge in [0.1, 0.15) is 29.8 Å².